The summed E-state index contributed by atoms with van der Waals surface area (Å²) in [5.41, 5.74) is 0.507. The third-order valence-corrected chi connectivity index (χ3v) is 5.96. The average molecular weight is 426 g/mol. The fourth-order valence-electron chi connectivity index (χ4n) is 1.40. The van der Waals surface area contributed by atoms with Crippen LogP contribution in [-0.2, 0) is 10.8 Å². The number of halogens is 3. The monoisotopic (exact) mass is 424 g/mol. The molecule has 0 radical (unpaired) electrons. The van der Waals surface area contributed by atoms with Crippen LogP contribution in [0.5, 0.6) is 0 Å². The summed E-state index contributed by atoms with van der Waals surface area (Å²) >= 11 is 7.97. The van der Waals surface area contributed by atoms with Gasteiger partial charge in [0.25, 0.3) is 0 Å². The molecule has 1 aromatic carbocycles. The van der Waals surface area contributed by atoms with Gasteiger partial charge < -0.3 is 0 Å². The molecule has 1 heterocycles. The molecular weight excluding hydrogens is 419 g/mol. The predicted molar refractivity (Wildman–Crippen MR) is 81.7 cm³/mol. The number of rotatable bonds is 4. The van der Waals surface area contributed by atoms with Crippen LogP contribution in [0.4, 0.5) is 4.39 Å². The van der Waals surface area contributed by atoms with Gasteiger partial charge in [0.1, 0.15) is 5.82 Å². The van der Waals surface area contributed by atoms with Gasteiger partial charge in [-0.2, -0.15) is 0 Å². The first-order valence-corrected chi connectivity index (χ1v) is 8.81. The average Bonchev–Trinajstić information content (AvgIpc) is 2.69. The molecule has 1 unspecified atom stereocenters. The number of benzene rings is 1. The minimum absolute atomic E-state index is 0.118. The van der Waals surface area contributed by atoms with Crippen LogP contribution in [0.2, 0.25) is 0 Å². The van der Waals surface area contributed by atoms with E-state index in [1.54, 1.807) is 6.07 Å². The van der Waals surface area contributed by atoms with Crippen molar-refractivity contribution in [2.45, 2.75) is 4.90 Å². The molecule has 2 rings (SSSR count). The van der Waals surface area contributed by atoms with Crippen LogP contribution in [0.15, 0.2) is 42.8 Å². The molecule has 100 valence electrons. The molecule has 0 saturated carbocycles. The van der Waals surface area contributed by atoms with E-state index in [9.17, 15) is 13.4 Å². The highest BCUT2D eigenvalue weighted by molar-refractivity contribution is 9.12. The van der Waals surface area contributed by atoms with Crippen LogP contribution in [-0.4, -0.2) is 15.7 Å². The minimum atomic E-state index is -1.47. The van der Waals surface area contributed by atoms with E-state index >= 15 is 0 Å². The van der Waals surface area contributed by atoms with Crippen molar-refractivity contribution in [3.05, 3.63) is 49.3 Å². The Morgan fingerprint density at radius 2 is 1.89 bits per heavy atom. The molecule has 0 bridgehead atoms. The predicted octanol–water partition coefficient (Wildman–Crippen LogP) is 4.40. The second-order valence-corrected chi connectivity index (χ2v) is 8.81. The number of Topliss-reactive ketones (excluding diaryl/α,β-unsaturated/α-hetero) is 1. The van der Waals surface area contributed by atoms with Gasteiger partial charge in [-0.25, -0.2) is 4.39 Å². The highest BCUT2D eigenvalue weighted by Crippen LogP contribution is 2.32. The highest BCUT2D eigenvalue weighted by atomic mass is 79.9. The van der Waals surface area contributed by atoms with E-state index in [4.69, 9.17) is 0 Å². The summed E-state index contributed by atoms with van der Waals surface area (Å²) in [6.45, 7) is 0. The number of hydrogen-bond donors (Lipinski definition) is 0. The Bertz CT molecular complexity index is 638. The van der Waals surface area contributed by atoms with Crippen LogP contribution < -0.4 is 0 Å². The maximum Gasteiger partial charge on any atom is 0.177 e. The first-order valence-electron chi connectivity index (χ1n) is 5.09. The molecule has 1 aromatic heterocycles. The Hall–Kier alpha value is -0.370. The van der Waals surface area contributed by atoms with Gasteiger partial charge in [0, 0.05) is 10.5 Å². The molecule has 0 aliphatic rings. The van der Waals surface area contributed by atoms with Crippen LogP contribution in [0.1, 0.15) is 10.4 Å². The van der Waals surface area contributed by atoms with E-state index in [0.29, 0.717) is 14.2 Å². The second kappa shape index (κ2) is 6.39. The van der Waals surface area contributed by atoms with Crippen molar-refractivity contribution in [2.24, 2.45) is 0 Å². The number of carbonyl (C=O) groups is 1. The van der Waals surface area contributed by atoms with Crippen molar-refractivity contribution < 1.29 is 13.4 Å². The van der Waals surface area contributed by atoms with Crippen molar-refractivity contribution in [1.82, 2.24) is 0 Å². The lowest BCUT2D eigenvalue weighted by molar-refractivity contribution is 0.102. The first-order chi connectivity index (χ1) is 8.97. The zero-order valence-electron chi connectivity index (χ0n) is 9.36. The number of ketones is 1. The molecule has 2 aromatic rings. The second-order valence-electron chi connectivity index (χ2n) is 3.60. The summed E-state index contributed by atoms with van der Waals surface area (Å²) in [4.78, 5) is 12.5. The van der Waals surface area contributed by atoms with Gasteiger partial charge in [-0.1, -0.05) is 0 Å². The number of thiophene rings is 1. The summed E-state index contributed by atoms with van der Waals surface area (Å²) < 4.78 is 26.3. The molecule has 2 nitrogen and oxygen atoms in total. The third-order valence-electron chi connectivity index (χ3n) is 2.30. The fourth-order valence-corrected chi connectivity index (χ4v) is 5.25. The summed E-state index contributed by atoms with van der Waals surface area (Å²) in [6.07, 6.45) is 0. The molecule has 0 spiro atoms. The normalized spacial score (nSPS) is 12.4. The van der Waals surface area contributed by atoms with Crippen molar-refractivity contribution >= 4 is 59.8 Å². The molecule has 7 heteroatoms. The van der Waals surface area contributed by atoms with Crippen LogP contribution >= 0.6 is 43.2 Å². The van der Waals surface area contributed by atoms with E-state index in [2.05, 4.69) is 31.9 Å². The van der Waals surface area contributed by atoms with Gasteiger partial charge in [0.05, 0.1) is 24.1 Å². The maximum atomic E-state index is 12.8. The molecule has 19 heavy (non-hydrogen) atoms. The molecule has 0 N–H and O–H groups in total. The maximum absolute atomic E-state index is 12.8. The minimum Gasteiger partial charge on any atom is -0.293 e. The summed E-state index contributed by atoms with van der Waals surface area (Å²) in [5, 5.41) is 0. The van der Waals surface area contributed by atoms with Crippen molar-refractivity contribution in [2.75, 3.05) is 5.75 Å². The van der Waals surface area contributed by atoms with E-state index < -0.39 is 16.6 Å². The Morgan fingerprint density at radius 1 is 1.26 bits per heavy atom. The van der Waals surface area contributed by atoms with Crippen molar-refractivity contribution in [1.29, 1.82) is 0 Å². The first kappa shape index (κ1) is 15.0. The Labute approximate surface area is 132 Å². The zero-order valence-corrected chi connectivity index (χ0v) is 14.2. The van der Waals surface area contributed by atoms with E-state index in [-0.39, 0.29) is 11.5 Å². The number of carbonyl (C=O) groups excluding carboxylic acids is 1. The summed E-state index contributed by atoms with van der Waals surface area (Å²) in [7, 11) is -1.47. The molecule has 0 saturated heterocycles. The quantitative estimate of drug-likeness (QED) is 0.680. The molecule has 0 fully saturated rings. The summed E-state index contributed by atoms with van der Waals surface area (Å²) in [5.74, 6) is -0.721. The van der Waals surface area contributed by atoms with Gasteiger partial charge in [0.2, 0.25) is 0 Å². The lowest BCUT2D eigenvalue weighted by Gasteiger charge is -2.01. The highest BCUT2D eigenvalue weighted by Gasteiger charge is 2.17. The lowest BCUT2D eigenvalue weighted by Crippen LogP contribution is -2.10. The van der Waals surface area contributed by atoms with Crippen LogP contribution in [0.25, 0.3) is 0 Å². The Balaban J connectivity index is 2.13. The molecule has 1 atom stereocenters. The zero-order chi connectivity index (χ0) is 14.0. The lowest BCUT2D eigenvalue weighted by atomic mass is 10.2. The SMILES string of the molecule is O=C(CS(=O)c1ccc(F)cc1)c1cc(Br)sc1Br. The van der Waals surface area contributed by atoms with Gasteiger partial charge in [-0.05, 0) is 62.2 Å². The number of hydrogen-bond acceptors (Lipinski definition) is 3. The largest absolute Gasteiger partial charge is 0.293 e. The molecule has 0 aliphatic carbocycles. The van der Waals surface area contributed by atoms with Crippen LogP contribution in [0, 0.1) is 5.82 Å². The fraction of sp³-hybridized carbons (Fsp3) is 0.0833. The summed E-state index contributed by atoms with van der Waals surface area (Å²) in [6, 6.07) is 7.01. The van der Waals surface area contributed by atoms with E-state index in [0.717, 1.165) is 3.79 Å². The van der Waals surface area contributed by atoms with Gasteiger partial charge in [-0.15, -0.1) is 11.3 Å². The van der Waals surface area contributed by atoms with Gasteiger partial charge in [0.15, 0.2) is 5.78 Å². The van der Waals surface area contributed by atoms with Crippen molar-refractivity contribution in [3.63, 3.8) is 0 Å². The topological polar surface area (TPSA) is 34.1 Å². The van der Waals surface area contributed by atoms with E-state index in [1.165, 1.54) is 35.6 Å². The Kier molecular flexibility index (Phi) is 5.05. The van der Waals surface area contributed by atoms with Gasteiger partial charge >= 0.3 is 0 Å². The van der Waals surface area contributed by atoms with Crippen molar-refractivity contribution in [3.8, 4) is 0 Å². The van der Waals surface area contributed by atoms with E-state index in [1.807, 2.05) is 0 Å². The van der Waals surface area contributed by atoms with Gasteiger partial charge in [-0.3, -0.25) is 9.00 Å². The Morgan fingerprint density at radius 3 is 2.42 bits per heavy atom. The third kappa shape index (κ3) is 3.81. The molecule has 0 amide bonds. The smallest absolute Gasteiger partial charge is 0.177 e. The molecular formula is C12H7Br2FO2S2. The standard InChI is InChI=1S/C12H7Br2FO2S2/c13-11-5-9(12(14)18-11)10(16)6-19(17)8-3-1-7(15)2-4-8/h1-5H,6H2. The molecule has 0 aliphatic heterocycles. The van der Waals surface area contributed by atoms with Crippen LogP contribution in [0.3, 0.4) is 0 Å².